The number of amides is 1. The predicted octanol–water partition coefficient (Wildman–Crippen LogP) is 5.41. The number of hydrogen-bond donors (Lipinski definition) is 1. The molecule has 2 aliphatic heterocycles. The van der Waals surface area contributed by atoms with Crippen LogP contribution in [0.5, 0.6) is 5.75 Å². The lowest BCUT2D eigenvalue weighted by molar-refractivity contribution is -0.0896. The molecule has 2 unspecified atom stereocenters. The van der Waals surface area contributed by atoms with Crippen molar-refractivity contribution in [2.45, 2.75) is 82.8 Å². The highest BCUT2D eigenvalue weighted by atomic mass is 16.6. The van der Waals surface area contributed by atoms with Crippen molar-refractivity contribution in [1.29, 1.82) is 0 Å². The molecule has 2 bridgehead atoms. The smallest absolute Gasteiger partial charge is 0.410 e. The van der Waals surface area contributed by atoms with Gasteiger partial charge >= 0.3 is 6.09 Å². The van der Waals surface area contributed by atoms with Crippen LogP contribution >= 0.6 is 0 Å². The zero-order chi connectivity index (χ0) is 22.1. The first-order valence-electron chi connectivity index (χ1n) is 11.2. The van der Waals surface area contributed by atoms with Crippen LogP contribution in [0.2, 0.25) is 0 Å². The van der Waals surface area contributed by atoms with Gasteiger partial charge in [-0.15, -0.1) is 0 Å². The summed E-state index contributed by atoms with van der Waals surface area (Å²) in [5.41, 5.74) is 0.669. The molecule has 2 atom stereocenters. The summed E-state index contributed by atoms with van der Waals surface area (Å²) < 4.78 is 11.5. The Kier molecular flexibility index (Phi) is 5.98. The molecule has 0 radical (unpaired) electrons. The predicted molar refractivity (Wildman–Crippen MR) is 120 cm³/mol. The maximum Gasteiger partial charge on any atom is 0.410 e. The zero-order valence-corrected chi connectivity index (χ0v) is 18.7. The summed E-state index contributed by atoms with van der Waals surface area (Å²) in [5, 5.41) is 11.6. The summed E-state index contributed by atoms with van der Waals surface area (Å²) in [6.07, 6.45) is 3.66. The molecule has 0 saturated carbocycles. The molecule has 2 aliphatic rings. The zero-order valence-electron chi connectivity index (χ0n) is 18.7. The molecular weight excluding hydrogens is 390 g/mol. The van der Waals surface area contributed by atoms with Crippen LogP contribution < -0.4 is 4.74 Å². The molecule has 5 nitrogen and oxygen atoms in total. The third-order valence-electron chi connectivity index (χ3n) is 6.24. The van der Waals surface area contributed by atoms with Crippen LogP contribution in [0.1, 0.15) is 64.0 Å². The first kappa shape index (κ1) is 21.7. The van der Waals surface area contributed by atoms with Gasteiger partial charge in [-0.2, -0.15) is 0 Å². The molecule has 31 heavy (non-hydrogen) atoms. The van der Waals surface area contributed by atoms with E-state index >= 15 is 0 Å². The molecule has 5 heteroatoms. The van der Waals surface area contributed by atoms with Crippen molar-refractivity contribution >= 4 is 6.09 Å². The van der Waals surface area contributed by atoms with Gasteiger partial charge in [-0.05, 0) is 63.3 Å². The molecule has 0 aliphatic carbocycles. The number of rotatable bonds is 4. The number of carbonyl (C=O) groups excluding carboxylic acids is 1. The lowest BCUT2D eigenvalue weighted by Crippen LogP contribution is -2.58. The minimum atomic E-state index is -0.938. The van der Waals surface area contributed by atoms with E-state index in [0.29, 0.717) is 12.8 Å². The highest BCUT2D eigenvalue weighted by molar-refractivity contribution is 5.69. The van der Waals surface area contributed by atoms with Gasteiger partial charge in [0.05, 0.1) is 5.60 Å². The third kappa shape index (κ3) is 5.04. The number of carbonyl (C=O) groups is 1. The highest BCUT2D eigenvalue weighted by Gasteiger charge is 2.48. The van der Waals surface area contributed by atoms with Gasteiger partial charge in [0.15, 0.2) is 0 Å². The number of fused-ring (bicyclic) bond motifs is 2. The molecule has 0 aromatic heterocycles. The quantitative estimate of drug-likeness (QED) is 0.715. The van der Waals surface area contributed by atoms with Gasteiger partial charge in [0.25, 0.3) is 0 Å². The summed E-state index contributed by atoms with van der Waals surface area (Å²) in [5.74, 6) is 0.793. The minimum absolute atomic E-state index is 0.00808. The van der Waals surface area contributed by atoms with Gasteiger partial charge in [0.1, 0.15) is 18.0 Å². The minimum Gasteiger partial charge on any atom is -0.488 e. The topological polar surface area (TPSA) is 59.0 Å². The Bertz CT molecular complexity index is 874. The monoisotopic (exact) mass is 423 g/mol. The van der Waals surface area contributed by atoms with Gasteiger partial charge in [0.2, 0.25) is 0 Å². The van der Waals surface area contributed by atoms with E-state index in [4.69, 9.17) is 9.47 Å². The number of aliphatic hydroxyl groups is 1. The van der Waals surface area contributed by atoms with E-state index in [2.05, 4.69) is 0 Å². The van der Waals surface area contributed by atoms with E-state index in [1.54, 1.807) is 0 Å². The number of hydrogen-bond acceptors (Lipinski definition) is 4. The Morgan fingerprint density at radius 2 is 1.65 bits per heavy atom. The van der Waals surface area contributed by atoms with E-state index in [1.807, 2.05) is 80.3 Å². The molecule has 4 rings (SSSR count). The maximum absolute atomic E-state index is 12.9. The van der Waals surface area contributed by atoms with Gasteiger partial charge in [-0.1, -0.05) is 42.5 Å². The van der Waals surface area contributed by atoms with Crippen LogP contribution in [-0.4, -0.2) is 33.8 Å². The molecule has 1 amide bonds. The van der Waals surface area contributed by atoms with Gasteiger partial charge in [0, 0.05) is 24.9 Å². The normalized spacial score (nSPS) is 25.7. The number of benzene rings is 2. The summed E-state index contributed by atoms with van der Waals surface area (Å²) in [6, 6.07) is 17.5. The van der Waals surface area contributed by atoms with E-state index in [-0.39, 0.29) is 30.4 Å². The van der Waals surface area contributed by atoms with Crippen molar-refractivity contribution in [3.8, 4) is 5.75 Å². The molecular formula is C26H33NO4. The molecule has 166 valence electrons. The van der Waals surface area contributed by atoms with Crippen LogP contribution in [0.15, 0.2) is 54.6 Å². The van der Waals surface area contributed by atoms with Crippen LogP contribution in [0.3, 0.4) is 0 Å². The van der Waals surface area contributed by atoms with E-state index < -0.39 is 5.60 Å². The average molecular weight is 424 g/mol. The van der Waals surface area contributed by atoms with E-state index in [1.165, 1.54) is 0 Å². The summed E-state index contributed by atoms with van der Waals surface area (Å²) in [6.45, 7) is 6.32. The van der Waals surface area contributed by atoms with Crippen LogP contribution in [-0.2, 0) is 16.9 Å². The average Bonchev–Trinajstić information content (AvgIpc) is 2.71. The molecule has 2 fully saturated rings. The second-order valence-electron chi connectivity index (χ2n) is 9.86. The van der Waals surface area contributed by atoms with Crippen LogP contribution in [0, 0.1) is 0 Å². The van der Waals surface area contributed by atoms with Gasteiger partial charge < -0.3 is 19.5 Å². The van der Waals surface area contributed by atoms with Crippen molar-refractivity contribution in [3.63, 3.8) is 0 Å². The lowest BCUT2D eigenvalue weighted by Gasteiger charge is -2.51. The Balaban J connectivity index is 1.45. The third-order valence-corrected chi connectivity index (χ3v) is 6.24. The molecule has 1 N–H and O–H groups in total. The Hall–Kier alpha value is -2.53. The van der Waals surface area contributed by atoms with Crippen molar-refractivity contribution in [2.75, 3.05) is 0 Å². The van der Waals surface area contributed by atoms with Crippen molar-refractivity contribution in [2.24, 2.45) is 0 Å². The van der Waals surface area contributed by atoms with Crippen LogP contribution in [0.4, 0.5) is 4.79 Å². The summed E-state index contributed by atoms with van der Waals surface area (Å²) >= 11 is 0. The molecule has 2 heterocycles. The second kappa shape index (κ2) is 8.54. The Morgan fingerprint density at radius 1 is 1.03 bits per heavy atom. The van der Waals surface area contributed by atoms with Crippen molar-refractivity contribution in [3.05, 3.63) is 65.7 Å². The highest BCUT2D eigenvalue weighted by Crippen LogP contribution is 2.45. The largest absolute Gasteiger partial charge is 0.488 e. The Labute approximate surface area is 185 Å². The standard InChI is InChI=1S/C26H33NO4/c1-25(2,3)31-23-14-12-20(13-15-23)26(29)16-21-10-7-11-22(17-26)27(21)24(28)30-18-19-8-5-4-6-9-19/h4-6,8-9,12-15,21-22,29H,7,10-11,16-18H2,1-3H3. The summed E-state index contributed by atoms with van der Waals surface area (Å²) in [7, 11) is 0. The first-order valence-corrected chi connectivity index (χ1v) is 11.2. The number of nitrogens with zero attached hydrogens (tertiary/aromatic N) is 1. The fourth-order valence-corrected chi connectivity index (χ4v) is 4.94. The SMILES string of the molecule is CC(C)(C)Oc1ccc(C2(O)CC3CCCC(C2)N3C(=O)OCc2ccccc2)cc1. The second-order valence-corrected chi connectivity index (χ2v) is 9.86. The number of piperidine rings is 2. The molecule has 2 aromatic carbocycles. The van der Waals surface area contributed by atoms with Crippen molar-refractivity contribution < 1.29 is 19.4 Å². The summed E-state index contributed by atoms with van der Waals surface area (Å²) in [4.78, 5) is 14.8. The Morgan fingerprint density at radius 3 is 2.23 bits per heavy atom. The lowest BCUT2D eigenvalue weighted by atomic mass is 9.72. The van der Waals surface area contributed by atoms with E-state index in [0.717, 1.165) is 36.1 Å². The fourth-order valence-electron chi connectivity index (χ4n) is 4.94. The molecule has 0 spiro atoms. The maximum atomic E-state index is 12.9. The first-order chi connectivity index (χ1) is 14.7. The molecule has 2 aromatic rings. The van der Waals surface area contributed by atoms with Gasteiger partial charge in [-0.25, -0.2) is 4.79 Å². The molecule has 2 saturated heterocycles. The van der Waals surface area contributed by atoms with E-state index in [9.17, 15) is 9.90 Å². The fraction of sp³-hybridized carbons (Fsp3) is 0.500. The number of ether oxygens (including phenoxy) is 2. The van der Waals surface area contributed by atoms with Crippen LogP contribution in [0.25, 0.3) is 0 Å². The van der Waals surface area contributed by atoms with Gasteiger partial charge in [-0.3, -0.25) is 0 Å². The van der Waals surface area contributed by atoms with Crippen molar-refractivity contribution in [1.82, 2.24) is 4.90 Å².